The number of H-pyrrole nitrogens is 1. The molecule has 1 aliphatic heterocycles. The lowest BCUT2D eigenvalue weighted by molar-refractivity contribution is 0.0337. The molecule has 2 heterocycles. The van der Waals surface area contributed by atoms with Crippen LogP contribution in [0, 0.1) is 0 Å². The molecule has 1 aromatic carbocycles. The molecule has 3 rings (SSSR count). The van der Waals surface area contributed by atoms with E-state index in [1.54, 1.807) is 18.2 Å². The van der Waals surface area contributed by atoms with E-state index in [1.807, 2.05) is 6.07 Å². The van der Waals surface area contributed by atoms with Crippen LogP contribution in [0.25, 0.3) is 10.9 Å². The third-order valence-corrected chi connectivity index (χ3v) is 3.41. The van der Waals surface area contributed by atoms with Crippen LogP contribution in [0.2, 0.25) is 0 Å². The van der Waals surface area contributed by atoms with Crippen molar-refractivity contribution in [3.8, 4) is 0 Å². The molecule has 2 aromatic rings. The first-order valence-electron chi connectivity index (χ1n) is 6.44. The van der Waals surface area contributed by atoms with E-state index < -0.39 is 0 Å². The Labute approximate surface area is 111 Å². The van der Waals surface area contributed by atoms with Gasteiger partial charge in [-0.15, -0.1) is 0 Å². The van der Waals surface area contributed by atoms with Crippen LogP contribution in [0.4, 0.5) is 5.69 Å². The Balaban J connectivity index is 1.92. The topological polar surface area (TPSA) is 71.3 Å². The second kappa shape index (κ2) is 5.03. The maximum atomic E-state index is 12.1. The van der Waals surface area contributed by atoms with E-state index in [0.29, 0.717) is 11.1 Å². The molecule has 1 saturated heterocycles. The smallest absolute Gasteiger partial charge is 0.189 e. The van der Waals surface area contributed by atoms with Crippen LogP contribution in [0.5, 0.6) is 0 Å². The van der Waals surface area contributed by atoms with Crippen LogP contribution in [-0.2, 0) is 11.3 Å². The number of aromatic nitrogens is 1. The molecule has 0 spiro atoms. The Kier molecular flexibility index (Phi) is 3.23. The van der Waals surface area contributed by atoms with Crippen molar-refractivity contribution >= 4 is 16.6 Å². The van der Waals surface area contributed by atoms with Crippen molar-refractivity contribution in [3.63, 3.8) is 0 Å². The number of hydrogen-bond donors (Lipinski definition) is 2. The van der Waals surface area contributed by atoms with Gasteiger partial charge in [-0.3, -0.25) is 9.69 Å². The lowest BCUT2D eigenvalue weighted by Gasteiger charge is -2.26. The number of aromatic amines is 1. The fourth-order valence-electron chi connectivity index (χ4n) is 2.41. The molecule has 0 bridgehead atoms. The average Bonchev–Trinajstić information content (AvgIpc) is 2.41. The van der Waals surface area contributed by atoms with Gasteiger partial charge in [0.1, 0.15) is 0 Å². The summed E-state index contributed by atoms with van der Waals surface area (Å²) in [5.41, 5.74) is 8.11. The van der Waals surface area contributed by atoms with Crippen molar-refractivity contribution < 1.29 is 4.74 Å². The Morgan fingerprint density at radius 3 is 2.84 bits per heavy atom. The molecule has 0 aliphatic carbocycles. The number of ether oxygens (including phenoxy) is 1. The second-order valence-electron chi connectivity index (χ2n) is 4.85. The number of rotatable bonds is 2. The maximum Gasteiger partial charge on any atom is 0.189 e. The highest BCUT2D eigenvalue weighted by molar-refractivity contribution is 5.81. The third kappa shape index (κ3) is 2.62. The molecule has 100 valence electrons. The number of nitrogens with two attached hydrogens (primary N) is 1. The highest BCUT2D eigenvalue weighted by atomic mass is 16.5. The summed E-state index contributed by atoms with van der Waals surface area (Å²) in [6.45, 7) is 4.07. The van der Waals surface area contributed by atoms with Crippen molar-refractivity contribution in [2.75, 3.05) is 32.0 Å². The Morgan fingerprint density at radius 1 is 1.26 bits per heavy atom. The lowest BCUT2D eigenvalue weighted by Crippen LogP contribution is -2.36. The minimum atomic E-state index is 0.0179. The molecule has 1 aromatic heterocycles. The third-order valence-electron chi connectivity index (χ3n) is 3.41. The van der Waals surface area contributed by atoms with Crippen LogP contribution in [0.1, 0.15) is 5.69 Å². The van der Waals surface area contributed by atoms with Crippen molar-refractivity contribution in [2.24, 2.45) is 0 Å². The zero-order valence-corrected chi connectivity index (χ0v) is 10.7. The Hall–Kier alpha value is -1.85. The van der Waals surface area contributed by atoms with Gasteiger partial charge in [-0.25, -0.2) is 0 Å². The molecule has 0 radical (unpaired) electrons. The van der Waals surface area contributed by atoms with E-state index in [1.165, 1.54) is 0 Å². The van der Waals surface area contributed by atoms with Gasteiger partial charge in [-0.05, 0) is 18.2 Å². The minimum absolute atomic E-state index is 0.0179. The summed E-state index contributed by atoms with van der Waals surface area (Å²) in [6, 6.07) is 7.04. The van der Waals surface area contributed by atoms with Gasteiger partial charge in [-0.1, -0.05) is 0 Å². The summed E-state index contributed by atoms with van der Waals surface area (Å²) in [6.07, 6.45) is 0. The van der Waals surface area contributed by atoms with Crippen molar-refractivity contribution in [1.82, 2.24) is 9.88 Å². The predicted octanol–water partition coefficient (Wildman–Crippen LogP) is 0.942. The van der Waals surface area contributed by atoms with E-state index in [9.17, 15) is 4.79 Å². The van der Waals surface area contributed by atoms with Crippen molar-refractivity contribution in [2.45, 2.75) is 6.54 Å². The Bertz CT molecular complexity index is 645. The quantitative estimate of drug-likeness (QED) is 0.787. The molecule has 1 aliphatic rings. The van der Waals surface area contributed by atoms with E-state index in [2.05, 4.69) is 9.88 Å². The molecule has 1 fully saturated rings. The zero-order valence-electron chi connectivity index (χ0n) is 10.7. The number of fused-ring (bicyclic) bond motifs is 1. The van der Waals surface area contributed by atoms with Crippen LogP contribution in [0.3, 0.4) is 0 Å². The number of hydrogen-bond acceptors (Lipinski definition) is 4. The fourth-order valence-corrected chi connectivity index (χ4v) is 2.41. The highest BCUT2D eigenvalue weighted by Crippen LogP contribution is 2.13. The fraction of sp³-hybridized carbons (Fsp3) is 0.357. The van der Waals surface area contributed by atoms with Crippen LogP contribution in [0.15, 0.2) is 29.1 Å². The van der Waals surface area contributed by atoms with E-state index in [0.717, 1.165) is 44.1 Å². The van der Waals surface area contributed by atoms with Gasteiger partial charge in [0.15, 0.2) is 5.43 Å². The van der Waals surface area contributed by atoms with Gasteiger partial charge >= 0.3 is 0 Å². The monoisotopic (exact) mass is 259 g/mol. The van der Waals surface area contributed by atoms with Crippen LogP contribution < -0.4 is 11.2 Å². The number of nitrogens with zero attached hydrogens (tertiary/aromatic N) is 1. The number of morpholine rings is 1. The molecule has 0 unspecified atom stereocenters. The lowest BCUT2D eigenvalue weighted by atomic mass is 10.1. The first kappa shape index (κ1) is 12.2. The van der Waals surface area contributed by atoms with Gasteiger partial charge in [0.25, 0.3) is 0 Å². The van der Waals surface area contributed by atoms with Crippen LogP contribution >= 0.6 is 0 Å². The van der Waals surface area contributed by atoms with E-state index >= 15 is 0 Å². The summed E-state index contributed by atoms with van der Waals surface area (Å²) in [4.78, 5) is 17.7. The number of nitrogen functional groups attached to an aromatic ring is 1. The summed E-state index contributed by atoms with van der Waals surface area (Å²) in [5, 5.41) is 0.644. The van der Waals surface area contributed by atoms with E-state index in [-0.39, 0.29) is 5.43 Å². The molecule has 5 nitrogen and oxygen atoms in total. The first-order valence-corrected chi connectivity index (χ1v) is 6.44. The van der Waals surface area contributed by atoms with Crippen molar-refractivity contribution in [3.05, 3.63) is 40.2 Å². The average molecular weight is 259 g/mol. The molecule has 0 atom stereocenters. The summed E-state index contributed by atoms with van der Waals surface area (Å²) >= 11 is 0. The predicted molar refractivity (Wildman–Crippen MR) is 75.1 cm³/mol. The number of nitrogens with one attached hydrogen (secondary N) is 1. The second-order valence-corrected chi connectivity index (χ2v) is 4.85. The Morgan fingerprint density at radius 2 is 2.05 bits per heavy atom. The molecular weight excluding hydrogens is 242 g/mol. The van der Waals surface area contributed by atoms with Gasteiger partial charge in [0, 0.05) is 48.0 Å². The molecule has 3 N–H and O–H groups in total. The van der Waals surface area contributed by atoms with E-state index in [4.69, 9.17) is 10.5 Å². The molecule has 19 heavy (non-hydrogen) atoms. The number of anilines is 1. The van der Waals surface area contributed by atoms with Crippen molar-refractivity contribution in [1.29, 1.82) is 0 Å². The molecular formula is C14H17N3O2. The molecule has 0 amide bonds. The maximum absolute atomic E-state index is 12.1. The SMILES string of the molecule is Nc1ccc2[nH]c(CN3CCOCC3)cc(=O)c2c1. The first-order chi connectivity index (χ1) is 9.22. The number of benzene rings is 1. The standard InChI is InChI=1S/C14H17N3O2/c15-10-1-2-13-12(7-10)14(18)8-11(16-13)9-17-3-5-19-6-4-17/h1-2,7-8H,3-6,9,15H2,(H,16,18). The van der Waals surface area contributed by atoms with Gasteiger partial charge in [0.2, 0.25) is 0 Å². The molecule has 5 heteroatoms. The highest BCUT2D eigenvalue weighted by Gasteiger charge is 2.12. The summed E-state index contributed by atoms with van der Waals surface area (Å²) in [5.74, 6) is 0. The summed E-state index contributed by atoms with van der Waals surface area (Å²) in [7, 11) is 0. The zero-order chi connectivity index (χ0) is 13.2. The van der Waals surface area contributed by atoms with Gasteiger partial charge in [-0.2, -0.15) is 0 Å². The normalized spacial score (nSPS) is 16.8. The van der Waals surface area contributed by atoms with Gasteiger partial charge < -0.3 is 15.5 Å². The largest absolute Gasteiger partial charge is 0.399 e. The summed E-state index contributed by atoms with van der Waals surface area (Å²) < 4.78 is 5.32. The van der Waals surface area contributed by atoms with Crippen LogP contribution in [-0.4, -0.2) is 36.2 Å². The number of pyridine rings is 1. The molecule has 0 saturated carbocycles. The van der Waals surface area contributed by atoms with Gasteiger partial charge in [0.05, 0.1) is 13.2 Å². The minimum Gasteiger partial charge on any atom is -0.399 e.